The maximum Gasteiger partial charge on any atom is 0.266 e. The molecule has 3 aromatic heterocycles. The number of ether oxygens (including phenoxy) is 1. The fourth-order valence-corrected chi connectivity index (χ4v) is 6.08. The lowest BCUT2D eigenvalue weighted by atomic mass is 10.1. The van der Waals surface area contributed by atoms with Gasteiger partial charge in [-0.15, -0.1) is 11.3 Å². The second-order valence-corrected chi connectivity index (χ2v) is 10.5. The Morgan fingerprint density at radius 3 is 2.59 bits per heavy atom. The minimum absolute atomic E-state index is 0.0249. The van der Waals surface area contributed by atoms with Gasteiger partial charge in [0.15, 0.2) is 0 Å². The Morgan fingerprint density at radius 1 is 1.11 bits per heavy atom. The van der Waals surface area contributed by atoms with Crippen LogP contribution in [0.4, 0.5) is 5.69 Å². The smallest absolute Gasteiger partial charge is 0.266 e. The average molecular weight is 516 g/mol. The quantitative estimate of drug-likeness (QED) is 0.360. The van der Waals surface area contributed by atoms with Crippen LogP contribution in [0.1, 0.15) is 11.1 Å². The van der Waals surface area contributed by atoms with Crippen molar-refractivity contribution in [1.82, 2.24) is 19.4 Å². The predicted molar refractivity (Wildman–Crippen MR) is 149 cm³/mol. The number of aromatic amines is 1. The lowest BCUT2D eigenvalue weighted by Gasteiger charge is -2.34. The van der Waals surface area contributed by atoms with Crippen molar-refractivity contribution in [1.29, 1.82) is 0 Å². The molecule has 8 nitrogen and oxygen atoms in total. The van der Waals surface area contributed by atoms with Crippen LogP contribution < -0.4 is 15.2 Å². The molecule has 0 aliphatic carbocycles. The van der Waals surface area contributed by atoms with Crippen LogP contribution in [0.25, 0.3) is 32.6 Å². The van der Waals surface area contributed by atoms with Crippen LogP contribution in [-0.4, -0.2) is 64.9 Å². The molecule has 37 heavy (non-hydrogen) atoms. The van der Waals surface area contributed by atoms with Crippen LogP contribution in [0.3, 0.4) is 0 Å². The number of benzene rings is 2. The van der Waals surface area contributed by atoms with E-state index in [9.17, 15) is 9.90 Å². The molecule has 0 spiro atoms. The van der Waals surface area contributed by atoms with Crippen LogP contribution in [0.2, 0.25) is 0 Å². The normalized spacial score (nSPS) is 14.6. The van der Waals surface area contributed by atoms with Gasteiger partial charge in [0.2, 0.25) is 0 Å². The number of fused-ring (bicyclic) bond motifs is 2. The van der Waals surface area contributed by atoms with E-state index in [1.54, 1.807) is 11.7 Å². The first-order valence-electron chi connectivity index (χ1n) is 12.3. The third kappa shape index (κ3) is 4.14. The Bertz CT molecular complexity index is 1660. The highest BCUT2D eigenvalue weighted by Gasteiger charge is 2.23. The van der Waals surface area contributed by atoms with Crippen molar-refractivity contribution in [3.05, 3.63) is 69.3 Å². The van der Waals surface area contributed by atoms with Gasteiger partial charge >= 0.3 is 0 Å². The lowest BCUT2D eigenvalue weighted by Crippen LogP contribution is -2.44. The first kappa shape index (κ1) is 23.6. The summed E-state index contributed by atoms with van der Waals surface area (Å²) in [7, 11) is 3.77. The van der Waals surface area contributed by atoms with Gasteiger partial charge in [-0.1, -0.05) is 12.1 Å². The zero-order valence-electron chi connectivity index (χ0n) is 21.1. The van der Waals surface area contributed by atoms with Crippen molar-refractivity contribution in [3.8, 4) is 22.9 Å². The minimum atomic E-state index is -0.277. The molecule has 1 fully saturated rings. The highest BCUT2D eigenvalue weighted by Crippen LogP contribution is 2.38. The Morgan fingerprint density at radius 2 is 1.86 bits per heavy atom. The molecule has 2 N–H and O–H groups in total. The second-order valence-electron chi connectivity index (χ2n) is 9.64. The van der Waals surface area contributed by atoms with Crippen LogP contribution in [0.5, 0.6) is 11.5 Å². The van der Waals surface area contributed by atoms with Gasteiger partial charge in [0.05, 0.1) is 30.1 Å². The van der Waals surface area contributed by atoms with E-state index < -0.39 is 0 Å². The maximum absolute atomic E-state index is 13.9. The molecule has 0 unspecified atom stereocenters. The van der Waals surface area contributed by atoms with E-state index in [1.807, 2.05) is 42.6 Å². The number of nitrogens with one attached hydrogen (secondary N) is 1. The molecule has 0 saturated carbocycles. The fraction of sp³-hybridized carbons (Fsp3) is 0.286. The zero-order valence-corrected chi connectivity index (χ0v) is 21.9. The van der Waals surface area contributed by atoms with Gasteiger partial charge in [-0.25, -0.2) is 4.98 Å². The van der Waals surface area contributed by atoms with Crippen molar-refractivity contribution in [2.45, 2.75) is 13.5 Å². The minimum Gasteiger partial charge on any atom is -0.506 e. The molecular formula is C28H29N5O3S. The molecule has 1 saturated heterocycles. The number of aromatic hydroxyl groups is 1. The largest absolute Gasteiger partial charge is 0.506 e. The standard InChI is InChI=1S/C28H29N5O3S/c1-17-16-37-28-23(17)25(34)24(27(35)33(28)15-18-4-7-20(36-3)8-5-18)26-29-21-9-6-19(14-22(21)30-26)32-12-10-31(2)11-13-32/h4-9,14,16,34H,10-13,15H2,1-3H3,(H,29,30). The Kier molecular flexibility index (Phi) is 5.89. The summed E-state index contributed by atoms with van der Waals surface area (Å²) in [5.74, 6) is 1.12. The molecule has 1 aliphatic rings. The van der Waals surface area contributed by atoms with Crippen molar-refractivity contribution in [2.24, 2.45) is 0 Å². The summed E-state index contributed by atoms with van der Waals surface area (Å²) in [5, 5.41) is 14.0. The van der Waals surface area contributed by atoms with E-state index in [2.05, 4.69) is 34.0 Å². The Hall–Kier alpha value is -3.82. The number of aryl methyl sites for hydroxylation is 1. The first-order chi connectivity index (χ1) is 17.9. The van der Waals surface area contributed by atoms with Crippen molar-refractivity contribution < 1.29 is 9.84 Å². The molecule has 0 amide bonds. The summed E-state index contributed by atoms with van der Waals surface area (Å²) < 4.78 is 7.00. The monoisotopic (exact) mass is 515 g/mol. The molecule has 190 valence electrons. The second kappa shape index (κ2) is 9.24. The molecule has 0 radical (unpaired) electrons. The lowest BCUT2D eigenvalue weighted by molar-refractivity contribution is 0.313. The molecule has 4 heterocycles. The number of piperazine rings is 1. The number of pyridine rings is 1. The number of aromatic nitrogens is 3. The zero-order chi connectivity index (χ0) is 25.7. The number of nitrogens with zero attached hydrogens (tertiary/aromatic N) is 4. The summed E-state index contributed by atoms with van der Waals surface area (Å²) in [4.78, 5) is 27.4. The summed E-state index contributed by atoms with van der Waals surface area (Å²) >= 11 is 1.46. The summed E-state index contributed by atoms with van der Waals surface area (Å²) in [6, 6.07) is 13.8. The van der Waals surface area contributed by atoms with Crippen molar-refractivity contribution in [3.63, 3.8) is 0 Å². The molecule has 1 aliphatic heterocycles. The molecule has 0 bridgehead atoms. The number of likely N-dealkylation sites (N-methyl/N-ethyl adjacent to an activating group) is 1. The molecule has 2 aromatic carbocycles. The van der Waals surface area contributed by atoms with E-state index >= 15 is 0 Å². The van der Waals surface area contributed by atoms with Gasteiger partial charge in [-0.05, 0) is 60.8 Å². The van der Waals surface area contributed by atoms with Crippen LogP contribution >= 0.6 is 11.3 Å². The summed E-state index contributed by atoms with van der Waals surface area (Å²) in [5.41, 5.74) is 4.54. The maximum atomic E-state index is 13.9. The van der Waals surface area contributed by atoms with E-state index in [0.29, 0.717) is 17.8 Å². The van der Waals surface area contributed by atoms with Crippen molar-refractivity contribution in [2.75, 3.05) is 45.2 Å². The van der Waals surface area contributed by atoms with E-state index in [-0.39, 0.29) is 16.9 Å². The molecule has 6 rings (SSSR count). The van der Waals surface area contributed by atoms with E-state index in [0.717, 1.165) is 64.6 Å². The number of methoxy groups -OCH3 is 1. The fourth-order valence-electron chi connectivity index (χ4n) is 5.02. The van der Waals surface area contributed by atoms with Crippen LogP contribution in [0, 0.1) is 6.92 Å². The van der Waals surface area contributed by atoms with Gasteiger partial charge in [-0.3, -0.25) is 9.36 Å². The summed E-state index contributed by atoms with van der Waals surface area (Å²) in [6.07, 6.45) is 0. The number of H-pyrrole nitrogens is 1. The Labute approximate surface area is 218 Å². The van der Waals surface area contributed by atoms with Crippen LogP contribution in [-0.2, 0) is 6.54 Å². The molecule has 5 aromatic rings. The summed E-state index contributed by atoms with van der Waals surface area (Å²) in [6.45, 7) is 6.30. The average Bonchev–Trinajstić information content (AvgIpc) is 3.50. The van der Waals surface area contributed by atoms with Crippen molar-refractivity contribution >= 4 is 38.3 Å². The molecule has 0 atom stereocenters. The van der Waals surface area contributed by atoms with E-state index in [4.69, 9.17) is 9.72 Å². The first-order valence-corrected chi connectivity index (χ1v) is 13.2. The van der Waals surface area contributed by atoms with Gasteiger partial charge in [0, 0.05) is 31.9 Å². The van der Waals surface area contributed by atoms with Gasteiger partial charge < -0.3 is 24.6 Å². The Balaban J connectivity index is 1.45. The molecule has 9 heteroatoms. The number of anilines is 1. The number of rotatable bonds is 5. The number of hydrogen-bond acceptors (Lipinski definition) is 7. The highest BCUT2D eigenvalue weighted by molar-refractivity contribution is 7.17. The van der Waals surface area contributed by atoms with Gasteiger partial charge in [0.25, 0.3) is 5.56 Å². The number of hydrogen-bond donors (Lipinski definition) is 2. The third-order valence-electron chi connectivity index (χ3n) is 7.20. The molecular weight excluding hydrogens is 486 g/mol. The highest BCUT2D eigenvalue weighted by atomic mass is 32.1. The van der Waals surface area contributed by atoms with E-state index in [1.165, 1.54) is 11.3 Å². The predicted octanol–water partition coefficient (Wildman–Crippen LogP) is 4.43. The van der Waals surface area contributed by atoms with Gasteiger partial charge in [-0.2, -0.15) is 0 Å². The number of thiophene rings is 1. The third-order valence-corrected chi connectivity index (χ3v) is 8.32. The topological polar surface area (TPSA) is 86.6 Å². The SMILES string of the molecule is COc1ccc(Cn2c(=O)c(-c3nc4ccc(N5CCN(C)CC5)cc4[nH]3)c(O)c3c(C)csc32)cc1. The van der Waals surface area contributed by atoms with Gasteiger partial charge in [0.1, 0.15) is 27.7 Å². The van der Waals surface area contributed by atoms with Crippen LogP contribution in [0.15, 0.2) is 52.6 Å². The number of imidazole rings is 1.